The summed E-state index contributed by atoms with van der Waals surface area (Å²) in [6, 6.07) is 7.68. The summed E-state index contributed by atoms with van der Waals surface area (Å²) in [6.45, 7) is 3.09. The van der Waals surface area contributed by atoms with E-state index in [4.69, 9.17) is 11.6 Å². The monoisotopic (exact) mass is 343 g/mol. The van der Waals surface area contributed by atoms with Gasteiger partial charge in [-0.25, -0.2) is 0 Å². The molecule has 0 aliphatic carbocycles. The molecule has 0 saturated carbocycles. The molecule has 0 amide bonds. The number of ketones is 1. The average Bonchev–Trinajstić information content (AvgIpc) is 2.46. The Labute approximate surface area is 128 Å². The maximum Gasteiger partial charge on any atom is 0.166 e. The van der Waals surface area contributed by atoms with Gasteiger partial charge in [0.05, 0.1) is 0 Å². The van der Waals surface area contributed by atoms with Crippen molar-refractivity contribution in [2.75, 3.05) is 25.5 Å². The van der Waals surface area contributed by atoms with Crippen LogP contribution in [0, 0.1) is 5.92 Å². The second-order valence-electron chi connectivity index (χ2n) is 5.03. The van der Waals surface area contributed by atoms with Crippen LogP contribution in [-0.2, 0) is 0 Å². The predicted octanol–water partition coefficient (Wildman–Crippen LogP) is 3.97. The summed E-state index contributed by atoms with van der Waals surface area (Å²) >= 11 is 9.10. The van der Waals surface area contributed by atoms with E-state index >= 15 is 0 Å². The molecule has 2 nitrogen and oxygen atoms in total. The van der Waals surface area contributed by atoms with Crippen LogP contribution >= 0.6 is 27.5 Å². The molecule has 0 spiro atoms. The van der Waals surface area contributed by atoms with Crippen LogP contribution in [0.1, 0.15) is 29.6 Å². The maximum absolute atomic E-state index is 12.4. The quantitative estimate of drug-likeness (QED) is 0.595. The first kappa shape index (κ1) is 15.0. The molecule has 1 aliphatic rings. The number of benzene rings is 1. The number of hydrogen-bond acceptors (Lipinski definition) is 2. The molecule has 0 atom stereocenters. The Hall–Kier alpha value is -0.380. The Morgan fingerprint density at radius 3 is 2.47 bits per heavy atom. The molecule has 1 saturated heterocycles. The number of piperidine rings is 1. The van der Waals surface area contributed by atoms with E-state index < -0.39 is 0 Å². The molecule has 1 aromatic carbocycles. The highest BCUT2D eigenvalue weighted by Gasteiger charge is 2.25. The maximum atomic E-state index is 12.4. The zero-order valence-electron chi connectivity index (χ0n) is 10.9. The molecule has 0 bridgehead atoms. The topological polar surface area (TPSA) is 20.3 Å². The Kier molecular flexibility index (Phi) is 5.86. The largest absolute Gasteiger partial charge is 0.303 e. The average molecular weight is 345 g/mol. The third-order valence-electron chi connectivity index (χ3n) is 3.70. The van der Waals surface area contributed by atoms with E-state index in [1.54, 1.807) is 0 Å². The highest BCUT2D eigenvalue weighted by Crippen LogP contribution is 2.22. The van der Waals surface area contributed by atoms with Crippen LogP contribution < -0.4 is 0 Å². The number of nitrogens with zero attached hydrogens (tertiary/aromatic N) is 1. The van der Waals surface area contributed by atoms with Crippen LogP contribution in [0.4, 0.5) is 0 Å². The van der Waals surface area contributed by atoms with Gasteiger partial charge >= 0.3 is 0 Å². The first-order valence-corrected chi connectivity index (χ1v) is 8.11. The highest BCUT2D eigenvalue weighted by atomic mass is 79.9. The fraction of sp³-hybridized carbons (Fsp3) is 0.533. The second kappa shape index (κ2) is 7.41. The fourth-order valence-electron chi connectivity index (χ4n) is 2.55. The van der Waals surface area contributed by atoms with E-state index in [2.05, 4.69) is 20.8 Å². The summed E-state index contributed by atoms with van der Waals surface area (Å²) in [7, 11) is 0. The third-order valence-corrected chi connectivity index (χ3v) is 4.49. The van der Waals surface area contributed by atoms with Crippen molar-refractivity contribution in [1.29, 1.82) is 0 Å². The fourth-order valence-corrected chi connectivity index (χ4v) is 2.94. The number of rotatable bonds is 5. The summed E-state index contributed by atoms with van der Waals surface area (Å²) in [6.07, 6.45) is 2.97. The molecule has 19 heavy (non-hydrogen) atoms. The van der Waals surface area contributed by atoms with Crippen LogP contribution in [0.5, 0.6) is 0 Å². The van der Waals surface area contributed by atoms with Crippen LogP contribution in [0.15, 0.2) is 28.7 Å². The van der Waals surface area contributed by atoms with Crippen molar-refractivity contribution in [3.05, 3.63) is 34.3 Å². The SMILES string of the molecule is O=C(c1ccc(Br)cc1)C1CCN(CCCCl)CC1. The van der Waals surface area contributed by atoms with E-state index in [1.807, 2.05) is 24.3 Å². The van der Waals surface area contributed by atoms with Gasteiger partial charge in [0.1, 0.15) is 0 Å². The van der Waals surface area contributed by atoms with Gasteiger partial charge < -0.3 is 4.90 Å². The summed E-state index contributed by atoms with van der Waals surface area (Å²) in [5.41, 5.74) is 0.836. The van der Waals surface area contributed by atoms with E-state index in [9.17, 15) is 4.79 Å². The van der Waals surface area contributed by atoms with Crippen molar-refractivity contribution in [1.82, 2.24) is 4.90 Å². The molecule has 4 heteroatoms. The minimum absolute atomic E-state index is 0.188. The minimum Gasteiger partial charge on any atom is -0.303 e. The second-order valence-corrected chi connectivity index (χ2v) is 6.32. The standard InChI is InChI=1S/C15H19BrClNO/c16-14-4-2-12(3-5-14)15(19)13-6-10-18(11-7-13)9-1-8-17/h2-5,13H,1,6-11H2. The number of carbonyl (C=O) groups is 1. The molecule has 0 N–H and O–H groups in total. The first-order valence-electron chi connectivity index (χ1n) is 6.79. The Bertz CT molecular complexity index is 413. The van der Waals surface area contributed by atoms with Crippen molar-refractivity contribution in [3.63, 3.8) is 0 Å². The van der Waals surface area contributed by atoms with E-state index in [0.717, 1.165) is 54.8 Å². The van der Waals surface area contributed by atoms with Crippen LogP contribution in [0.3, 0.4) is 0 Å². The molecule has 1 aromatic rings. The molecular weight excluding hydrogens is 326 g/mol. The van der Waals surface area contributed by atoms with E-state index in [1.165, 1.54) is 0 Å². The van der Waals surface area contributed by atoms with E-state index in [0.29, 0.717) is 5.78 Å². The third kappa shape index (κ3) is 4.30. The Balaban J connectivity index is 1.87. The van der Waals surface area contributed by atoms with Crippen molar-refractivity contribution >= 4 is 33.3 Å². The molecule has 1 aliphatic heterocycles. The molecule has 1 heterocycles. The lowest BCUT2D eigenvalue weighted by atomic mass is 9.89. The molecular formula is C15H19BrClNO. The van der Waals surface area contributed by atoms with Gasteiger partial charge in [0.25, 0.3) is 0 Å². The van der Waals surface area contributed by atoms with Crippen molar-refractivity contribution in [2.24, 2.45) is 5.92 Å². The van der Waals surface area contributed by atoms with Gasteiger partial charge in [-0.1, -0.05) is 28.1 Å². The number of alkyl halides is 1. The van der Waals surface area contributed by atoms with Gasteiger partial charge in [0.15, 0.2) is 5.78 Å². The summed E-state index contributed by atoms with van der Waals surface area (Å²) in [5, 5.41) is 0. The molecule has 0 radical (unpaired) electrons. The van der Waals surface area contributed by atoms with Crippen molar-refractivity contribution < 1.29 is 4.79 Å². The number of carbonyl (C=O) groups excluding carboxylic acids is 1. The first-order chi connectivity index (χ1) is 9.20. The van der Waals surface area contributed by atoms with Gasteiger partial charge in [0.2, 0.25) is 0 Å². The molecule has 1 fully saturated rings. The number of hydrogen-bond donors (Lipinski definition) is 0. The van der Waals surface area contributed by atoms with Crippen LogP contribution in [0.25, 0.3) is 0 Å². The predicted molar refractivity (Wildman–Crippen MR) is 83.0 cm³/mol. The summed E-state index contributed by atoms with van der Waals surface area (Å²) in [4.78, 5) is 14.8. The summed E-state index contributed by atoms with van der Waals surface area (Å²) < 4.78 is 1.01. The van der Waals surface area contributed by atoms with Crippen LogP contribution in [-0.4, -0.2) is 36.2 Å². The number of likely N-dealkylation sites (tertiary alicyclic amines) is 1. The molecule has 2 rings (SSSR count). The zero-order valence-corrected chi connectivity index (χ0v) is 13.3. The normalized spacial score (nSPS) is 17.6. The Morgan fingerprint density at radius 2 is 1.89 bits per heavy atom. The smallest absolute Gasteiger partial charge is 0.166 e. The van der Waals surface area contributed by atoms with Crippen molar-refractivity contribution in [2.45, 2.75) is 19.3 Å². The molecule has 0 unspecified atom stereocenters. The van der Waals surface area contributed by atoms with Gasteiger partial charge in [0, 0.05) is 21.8 Å². The van der Waals surface area contributed by atoms with Gasteiger partial charge in [-0.15, -0.1) is 11.6 Å². The lowest BCUT2D eigenvalue weighted by molar-refractivity contribution is 0.0840. The van der Waals surface area contributed by atoms with E-state index in [-0.39, 0.29) is 5.92 Å². The number of halogens is 2. The molecule has 104 valence electrons. The lowest BCUT2D eigenvalue weighted by Gasteiger charge is -2.31. The highest BCUT2D eigenvalue weighted by molar-refractivity contribution is 9.10. The minimum atomic E-state index is 0.188. The van der Waals surface area contributed by atoms with Gasteiger partial charge in [-0.05, 0) is 51.0 Å². The molecule has 0 aromatic heterocycles. The Morgan fingerprint density at radius 1 is 1.26 bits per heavy atom. The zero-order chi connectivity index (χ0) is 13.7. The van der Waals surface area contributed by atoms with Gasteiger partial charge in [-0.3, -0.25) is 4.79 Å². The summed E-state index contributed by atoms with van der Waals surface area (Å²) in [5.74, 6) is 1.20. The van der Waals surface area contributed by atoms with Crippen molar-refractivity contribution in [3.8, 4) is 0 Å². The number of Topliss-reactive ketones (excluding diaryl/α,β-unsaturated/α-hetero) is 1. The lowest BCUT2D eigenvalue weighted by Crippen LogP contribution is -2.37. The van der Waals surface area contributed by atoms with Gasteiger partial charge in [-0.2, -0.15) is 0 Å². The van der Waals surface area contributed by atoms with Crippen LogP contribution in [0.2, 0.25) is 0 Å².